The molecule has 5 heteroatoms. The number of hydrogen-bond acceptors (Lipinski definition) is 2. The summed E-state index contributed by atoms with van der Waals surface area (Å²) in [5.74, 6) is 0. The number of hydrogen-bond donors (Lipinski definition) is 0. The summed E-state index contributed by atoms with van der Waals surface area (Å²) in [6.45, 7) is 0.584. The zero-order valence-corrected chi connectivity index (χ0v) is 7.97. The maximum atomic E-state index is 10.3. The highest BCUT2D eigenvalue weighted by Crippen LogP contribution is 2.05. The van der Waals surface area contributed by atoms with Gasteiger partial charge in [-0.25, -0.2) is 4.98 Å². The standard InChI is InChI=1S/C6H6BrClN2O/c7-5-3-10(4-9-5)2-1-6(8)11/h3-4H,1-2H2. The van der Waals surface area contributed by atoms with Gasteiger partial charge in [0, 0.05) is 19.2 Å². The Morgan fingerprint density at radius 1 is 1.82 bits per heavy atom. The first-order valence-corrected chi connectivity index (χ1v) is 4.21. The van der Waals surface area contributed by atoms with Crippen molar-refractivity contribution in [3.05, 3.63) is 17.1 Å². The van der Waals surface area contributed by atoms with Crippen molar-refractivity contribution in [2.45, 2.75) is 13.0 Å². The lowest BCUT2D eigenvalue weighted by molar-refractivity contribution is -0.111. The normalized spacial score (nSPS) is 10.0. The van der Waals surface area contributed by atoms with Crippen molar-refractivity contribution in [2.24, 2.45) is 0 Å². The zero-order valence-electron chi connectivity index (χ0n) is 5.63. The van der Waals surface area contributed by atoms with Gasteiger partial charge in [0.1, 0.15) is 4.60 Å². The van der Waals surface area contributed by atoms with E-state index in [0.717, 1.165) is 4.60 Å². The van der Waals surface area contributed by atoms with Gasteiger partial charge in [-0.1, -0.05) is 0 Å². The second kappa shape index (κ2) is 3.88. The topological polar surface area (TPSA) is 34.9 Å². The molecule has 1 heterocycles. The van der Waals surface area contributed by atoms with Crippen LogP contribution in [0.25, 0.3) is 0 Å². The molecule has 0 unspecified atom stereocenters. The van der Waals surface area contributed by atoms with Crippen LogP contribution in [-0.4, -0.2) is 14.8 Å². The van der Waals surface area contributed by atoms with Crippen LogP contribution in [0.3, 0.4) is 0 Å². The molecule has 1 rings (SSSR count). The van der Waals surface area contributed by atoms with Crippen LogP contribution in [0.15, 0.2) is 17.1 Å². The number of aromatic nitrogens is 2. The first kappa shape index (κ1) is 8.74. The van der Waals surface area contributed by atoms with Gasteiger partial charge < -0.3 is 4.57 Å². The van der Waals surface area contributed by atoms with Crippen LogP contribution in [0.4, 0.5) is 0 Å². The summed E-state index contributed by atoms with van der Waals surface area (Å²) >= 11 is 8.34. The molecule has 1 aromatic heterocycles. The molecule has 0 amide bonds. The van der Waals surface area contributed by atoms with Gasteiger partial charge >= 0.3 is 0 Å². The van der Waals surface area contributed by atoms with Gasteiger partial charge in [0.2, 0.25) is 5.24 Å². The van der Waals surface area contributed by atoms with Gasteiger partial charge in [-0.2, -0.15) is 0 Å². The molecule has 11 heavy (non-hydrogen) atoms. The van der Waals surface area contributed by atoms with E-state index in [2.05, 4.69) is 20.9 Å². The summed E-state index contributed by atoms with van der Waals surface area (Å²) in [6.07, 6.45) is 3.77. The Morgan fingerprint density at radius 2 is 2.55 bits per heavy atom. The lowest BCUT2D eigenvalue weighted by atomic mass is 10.5. The number of carbonyl (C=O) groups is 1. The molecule has 0 radical (unpaired) electrons. The van der Waals surface area contributed by atoms with E-state index in [4.69, 9.17) is 11.6 Å². The fourth-order valence-corrected chi connectivity index (χ4v) is 1.11. The van der Waals surface area contributed by atoms with Crippen LogP contribution >= 0.6 is 27.5 Å². The molecule has 3 nitrogen and oxygen atoms in total. The molecule has 0 atom stereocenters. The van der Waals surface area contributed by atoms with Crippen molar-refractivity contribution >= 4 is 32.8 Å². The number of imidazole rings is 1. The van der Waals surface area contributed by atoms with Crippen molar-refractivity contribution in [3.63, 3.8) is 0 Å². The van der Waals surface area contributed by atoms with Crippen molar-refractivity contribution < 1.29 is 4.79 Å². The van der Waals surface area contributed by atoms with E-state index in [9.17, 15) is 4.79 Å². The molecule has 0 spiro atoms. The Kier molecular flexibility index (Phi) is 3.08. The number of halogens is 2. The Morgan fingerprint density at radius 3 is 3.00 bits per heavy atom. The van der Waals surface area contributed by atoms with E-state index in [-0.39, 0.29) is 5.24 Å². The number of carbonyl (C=O) groups excluding carboxylic acids is 1. The maximum absolute atomic E-state index is 10.3. The second-order valence-corrected chi connectivity index (χ2v) is 3.27. The monoisotopic (exact) mass is 236 g/mol. The van der Waals surface area contributed by atoms with Crippen LogP contribution in [0.2, 0.25) is 0 Å². The fraction of sp³-hybridized carbons (Fsp3) is 0.333. The summed E-state index contributed by atoms with van der Waals surface area (Å²) in [7, 11) is 0. The lowest BCUT2D eigenvalue weighted by Crippen LogP contribution is -1.97. The average molecular weight is 237 g/mol. The molecule has 0 aliphatic rings. The smallest absolute Gasteiger partial charge is 0.223 e. The average Bonchev–Trinajstić information content (AvgIpc) is 2.31. The summed E-state index contributed by atoms with van der Waals surface area (Å²) in [6, 6.07) is 0. The first-order chi connectivity index (χ1) is 5.18. The fourth-order valence-electron chi connectivity index (χ4n) is 0.672. The highest BCUT2D eigenvalue weighted by Gasteiger charge is 1.97. The third-order valence-corrected chi connectivity index (χ3v) is 1.77. The van der Waals surface area contributed by atoms with Crippen LogP contribution < -0.4 is 0 Å². The largest absolute Gasteiger partial charge is 0.336 e. The number of aryl methyl sites for hydroxylation is 1. The molecule has 0 aliphatic heterocycles. The summed E-state index contributed by atoms with van der Waals surface area (Å²) in [4.78, 5) is 14.3. The van der Waals surface area contributed by atoms with Gasteiger partial charge in [-0.05, 0) is 27.5 Å². The molecule has 0 fully saturated rings. The van der Waals surface area contributed by atoms with E-state index in [1.54, 1.807) is 17.1 Å². The predicted octanol–water partition coefficient (Wildman–Crippen LogP) is 1.80. The zero-order chi connectivity index (χ0) is 8.27. The summed E-state index contributed by atoms with van der Waals surface area (Å²) < 4.78 is 2.56. The van der Waals surface area contributed by atoms with Gasteiger partial charge in [-0.3, -0.25) is 4.79 Å². The van der Waals surface area contributed by atoms with E-state index in [0.29, 0.717) is 13.0 Å². The van der Waals surface area contributed by atoms with Crippen molar-refractivity contribution in [1.82, 2.24) is 9.55 Å². The highest BCUT2D eigenvalue weighted by molar-refractivity contribution is 9.10. The first-order valence-electron chi connectivity index (χ1n) is 3.04. The Labute approximate surface area is 77.5 Å². The quantitative estimate of drug-likeness (QED) is 0.752. The van der Waals surface area contributed by atoms with E-state index >= 15 is 0 Å². The minimum Gasteiger partial charge on any atom is -0.336 e. The second-order valence-electron chi connectivity index (χ2n) is 2.04. The Bertz CT molecular complexity index is 261. The SMILES string of the molecule is O=C(Cl)CCn1cnc(Br)c1. The van der Waals surface area contributed by atoms with Crippen LogP contribution in [0, 0.1) is 0 Å². The van der Waals surface area contributed by atoms with Gasteiger partial charge in [0.05, 0.1) is 6.33 Å². The third kappa shape index (κ3) is 3.03. The van der Waals surface area contributed by atoms with Gasteiger partial charge in [0.25, 0.3) is 0 Å². The lowest BCUT2D eigenvalue weighted by Gasteiger charge is -1.95. The molecular weight excluding hydrogens is 231 g/mol. The van der Waals surface area contributed by atoms with E-state index < -0.39 is 0 Å². The van der Waals surface area contributed by atoms with E-state index in [1.807, 2.05) is 0 Å². The van der Waals surface area contributed by atoms with Crippen LogP contribution in [0.5, 0.6) is 0 Å². The molecule has 60 valence electrons. The minimum atomic E-state index is -0.324. The molecule has 0 saturated heterocycles. The highest BCUT2D eigenvalue weighted by atomic mass is 79.9. The molecule has 0 saturated carbocycles. The van der Waals surface area contributed by atoms with Crippen molar-refractivity contribution in [2.75, 3.05) is 0 Å². The minimum absolute atomic E-state index is 0.324. The van der Waals surface area contributed by atoms with Gasteiger partial charge in [0.15, 0.2) is 0 Å². The van der Waals surface area contributed by atoms with E-state index in [1.165, 1.54) is 0 Å². The van der Waals surface area contributed by atoms with Crippen molar-refractivity contribution in [3.8, 4) is 0 Å². The van der Waals surface area contributed by atoms with Crippen molar-refractivity contribution in [1.29, 1.82) is 0 Å². The number of nitrogens with zero attached hydrogens (tertiary/aromatic N) is 2. The Balaban J connectivity index is 2.45. The third-order valence-electron chi connectivity index (χ3n) is 1.17. The predicted molar refractivity (Wildman–Crippen MR) is 45.4 cm³/mol. The molecule has 1 aromatic rings. The number of rotatable bonds is 3. The van der Waals surface area contributed by atoms with Crippen LogP contribution in [-0.2, 0) is 11.3 Å². The van der Waals surface area contributed by atoms with Crippen LogP contribution in [0.1, 0.15) is 6.42 Å². The molecular formula is C6H6BrClN2O. The maximum Gasteiger partial charge on any atom is 0.223 e. The summed E-state index contributed by atoms with van der Waals surface area (Å²) in [5, 5.41) is -0.324. The summed E-state index contributed by atoms with van der Waals surface area (Å²) in [5.41, 5.74) is 0. The molecule has 0 bridgehead atoms. The van der Waals surface area contributed by atoms with Gasteiger partial charge in [-0.15, -0.1) is 0 Å². The molecule has 0 aromatic carbocycles. The Hall–Kier alpha value is -0.350. The molecule has 0 aliphatic carbocycles. The molecule has 0 N–H and O–H groups in total.